The SMILES string of the molecule is CCNC(=NCC(C)C)NC1CCN(c2cc(OC)cc(OC)c2)CC1.I. The van der Waals surface area contributed by atoms with E-state index in [0.29, 0.717) is 12.0 Å². The third kappa shape index (κ3) is 7.63. The Hall–Kier alpha value is -1.38. The molecule has 0 aliphatic carbocycles. The molecule has 0 amide bonds. The van der Waals surface area contributed by atoms with Crippen molar-refractivity contribution < 1.29 is 9.47 Å². The van der Waals surface area contributed by atoms with Crippen LogP contribution in [0.15, 0.2) is 23.2 Å². The smallest absolute Gasteiger partial charge is 0.191 e. The zero-order valence-corrected chi connectivity index (χ0v) is 19.6. The highest BCUT2D eigenvalue weighted by Gasteiger charge is 2.21. The minimum absolute atomic E-state index is 0. The Morgan fingerprint density at radius 1 is 1.15 bits per heavy atom. The fourth-order valence-corrected chi connectivity index (χ4v) is 3.04. The molecule has 7 heteroatoms. The highest BCUT2D eigenvalue weighted by Crippen LogP contribution is 2.30. The molecular weight excluding hydrogens is 455 g/mol. The van der Waals surface area contributed by atoms with Crippen LogP contribution in [0.25, 0.3) is 0 Å². The fraction of sp³-hybridized carbons (Fsp3) is 0.650. The molecule has 27 heavy (non-hydrogen) atoms. The number of piperidine rings is 1. The van der Waals surface area contributed by atoms with Gasteiger partial charge >= 0.3 is 0 Å². The second-order valence-corrected chi connectivity index (χ2v) is 7.09. The lowest BCUT2D eigenvalue weighted by Gasteiger charge is -2.35. The summed E-state index contributed by atoms with van der Waals surface area (Å²) in [7, 11) is 3.38. The summed E-state index contributed by atoms with van der Waals surface area (Å²) in [5, 5.41) is 6.94. The van der Waals surface area contributed by atoms with Gasteiger partial charge in [0.15, 0.2) is 5.96 Å². The molecule has 6 nitrogen and oxygen atoms in total. The predicted octanol–water partition coefficient (Wildman–Crippen LogP) is 3.50. The van der Waals surface area contributed by atoms with Gasteiger partial charge in [-0.1, -0.05) is 13.8 Å². The predicted molar refractivity (Wildman–Crippen MR) is 124 cm³/mol. The summed E-state index contributed by atoms with van der Waals surface area (Å²) in [5.41, 5.74) is 1.15. The van der Waals surface area contributed by atoms with Crippen LogP contribution in [0.3, 0.4) is 0 Å². The van der Waals surface area contributed by atoms with Gasteiger partial charge in [0.1, 0.15) is 11.5 Å². The fourth-order valence-electron chi connectivity index (χ4n) is 3.04. The van der Waals surface area contributed by atoms with Gasteiger partial charge in [-0.2, -0.15) is 0 Å². The van der Waals surface area contributed by atoms with Crippen LogP contribution < -0.4 is 25.0 Å². The van der Waals surface area contributed by atoms with Crippen molar-refractivity contribution in [3.8, 4) is 11.5 Å². The lowest BCUT2D eigenvalue weighted by molar-refractivity contribution is 0.393. The number of ether oxygens (including phenoxy) is 2. The summed E-state index contributed by atoms with van der Waals surface area (Å²) >= 11 is 0. The normalized spacial score (nSPS) is 15.3. The molecule has 1 fully saturated rings. The first-order chi connectivity index (χ1) is 12.5. The number of hydrogen-bond donors (Lipinski definition) is 2. The van der Waals surface area contributed by atoms with Gasteiger partial charge in [0, 0.05) is 56.1 Å². The van der Waals surface area contributed by atoms with Gasteiger partial charge in [-0.15, -0.1) is 24.0 Å². The maximum atomic E-state index is 5.39. The van der Waals surface area contributed by atoms with Crippen LogP contribution in [0.1, 0.15) is 33.6 Å². The summed E-state index contributed by atoms with van der Waals surface area (Å²) in [6.45, 7) is 10.2. The zero-order chi connectivity index (χ0) is 18.9. The summed E-state index contributed by atoms with van der Waals surface area (Å²) in [6, 6.07) is 6.50. The lowest BCUT2D eigenvalue weighted by Crippen LogP contribution is -2.48. The maximum Gasteiger partial charge on any atom is 0.191 e. The molecule has 0 atom stereocenters. The van der Waals surface area contributed by atoms with Crippen molar-refractivity contribution in [2.24, 2.45) is 10.9 Å². The standard InChI is InChI=1S/C20H34N4O2.HI/c1-6-21-20(22-14-15(2)3)23-16-7-9-24(10-8-16)17-11-18(25-4)13-19(12-17)26-5;/h11-13,15-16H,6-10,14H2,1-5H3,(H2,21,22,23);1H. The largest absolute Gasteiger partial charge is 0.497 e. The van der Waals surface area contributed by atoms with E-state index in [-0.39, 0.29) is 24.0 Å². The monoisotopic (exact) mass is 490 g/mol. The third-order valence-electron chi connectivity index (χ3n) is 4.50. The average molecular weight is 490 g/mol. The van der Waals surface area contributed by atoms with Crippen molar-refractivity contribution in [1.29, 1.82) is 0 Å². The topological polar surface area (TPSA) is 58.1 Å². The number of benzene rings is 1. The summed E-state index contributed by atoms with van der Waals surface area (Å²) in [4.78, 5) is 7.07. The molecule has 2 rings (SSSR count). The van der Waals surface area contributed by atoms with Crippen LogP contribution in [0, 0.1) is 5.92 Å². The molecule has 0 unspecified atom stereocenters. The number of methoxy groups -OCH3 is 2. The molecule has 1 aliphatic heterocycles. The van der Waals surface area contributed by atoms with E-state index in [1.54, 1.807) is 14.2 Å². The van der Waals surface area contributed by atoms with Crippen LogP contribution in [0.5, 0.6) is 11.5 Å². The van der Waals surface area contributed by atoms with Crippen LogP contribution in [-0.2, 0) is 0 Å². The molecule has 1 heterocycles. The van der Waals surface area contributed by atoms with Gasteiger partial charge in [-0.05, 0) is 25.7 Å². The molecular formula is C20H35IN4O2. The van der Waals surface area contributed by atoms with Crippen molar-refractivity contribution in [2.45, 2.75) is 39.7 Å². The summed E-state index contributed by atoms with van der Waals surface area (Å²) in [5.74, 6) is 3.16. The van der Waals surface area contributed by atoms with E-state index in [0.717, 1.165) is 62.2 Å². The average Bonchev–Trinajstić information content (AvgIpc) is 2.66. The number of nitrogens with one attached hydrogen (secondary N) is 2. The number of anilines is 1. The Kier molecular flexibility index (Phi) is 10.6. The van der Waals surface area contributed by atoms with Crippen LogP contribution in [-0.4, -0.2) is 52.4 Å². The Morgan fingerprint density at radius 2 is 1.74 bits per heavy atom. The maximum absolute atomic E-state index is 5.39. The van der Waals surface area contributed by atoms with Crippen molar-refractivity contribution >= 4 is 35.6 Å². The second-order valence-electron chi connectivity index (χ2n) is 7.09. The molecule has 0 saturated carbocycles. The first-order valence-electron chi connectivity index (χ1n) is 9.58. The van der Waals surface area contributed by atoms with Gasteiger partial charge in [0.2, 0.25) is 0 Å². The first-order valence-corrected chi connectivity index (χ1v) is 9.58. The molecule has 154 valence electrons. The van der Waals surface area contributed by atoms with Crippen molar-refractivity contribution in [2.75, 3.05) is 45.3 Å². The van der Waals surface area contributed by atoms with Gasteiger partial charge in [-0.25, -0.2) is 0 Å². The molecule has 1 aromatic carbocycles. The van der Waals surface area contributed by atoms with Crippen LogP contribution in [0.2, 0.25) is 0 Å². The Morgan fingerprint density at radius 3 is 2.22 bits per heavy atom. The highest BCUT2D eigenvalue weighted by atomic mass is 127. The number of hydrogen-bond acceptors (Lipinski definition) is 4. The summed E-state index contributed by atoms with van der Waals surface area (Å²) in [6.07, 6.45) is 2.15. The molecule has 0 radical (unpaired) electrons. The highest BCUT2D eigenvalue weighted by molar-refractivity contribution is 14.0. The Labute approximate surface area is 181 Å². The quantitative estimate of drug-likeness (QED) is 0.348. The first kappa shape index (κ1) is 23.7. The van der Waals surface area contributed by atoms with E-state index in [9.17, 15) is 0 Å². The van der Waals surface area contributed by atoms with E-state index < -0.39 is 0 Å². The number of guanidine groups is 1. The van der Waals surface area contributed by atoms with Crippen molar-refractivity contribution in [1.82, 2.24) is 10.6 Å². The number of halogens is 1. The van der Waals surface area contributed by atoms with Gasteiger partial charge in [-0.3, -0.25) is 4.99 Å². The van der Waals surface area contributed by atoms with Crippen LogP contribution >= 0.6 is 24.0 Å². The Balaban J connectivity index is 0.00000364. The van der Waals surface area contributed by atoms with Crippen LogP contribution in [0.4, 0.5) is 5.69 Å². The molecule has 2 N–H and O–H groups in total. The molecule has 1 aromatic rings. The molecule has 1 aliphatic rings. The number of nitrogens with zero attached hydrogens (tertiary/aromatic N) is 2. The minimum atomic E-state index is 0. The zero-order valence-electron chi connectivity index (χ0n) is 17.2. The molecule has 0 spiro atoms. The molecule has 0 bridgehead atoms. The van der Waals surface area contributed by atoms with Crippen molar-refractivity contribution in [3.63, 3.8) is 0 Å². The van der Waals surface area contributed by atoms with E-state index in [1.807, 2.05) is 6.07 Å². The summed E-state index contributed by atoms with van der Waals surface area (Å²) < 4.78 is 10.8. The van der Waals surface area contributed by atoms with E-state index in [2.05, 4.69) is 53.4 Å². The van der Waals surface area contributed by atoms with Crippen molar-refractivity contribution in [3.05, 3.63) is 18.2 Å². The van der Waals surface area contributed by atoms with Gasteiger partial charge in [0.05, 0.1) is 14.2 Å². The minimum Gasteiger partial charge on any atom is -0.497 e. The number of rotatable bonds is 7. The molecule has 1 saturated heterocycles. The van der Waals surface area contributed by atoms with Gasteiger partial charge in [0.25, 0.3) is 0 Å². The van der Waals surface area contributed by atoms with Gasteiger partial charge < -0.3 is 25.0 Å². The molecule has 0 aromatic heterocycles. The van der Waals surface area contributed by atoms with E-state index in [1.165, 1.54) is 0 Å². The number of aliphatic imine (C=N–C) groups is 1. The van der Waals surface area contributed by atoms with E-state index in [4.69, 9.17) is 9.47 Å². The second kappa shape index (κ2) is 12.2. The Bertz CT molecular complexity index is 565. The lowest BCUT2D eigenvalue weighted by atomic mass is 10.0. The van der Waals surface area contributed by atoms with E-state index >= 15 is 0 Å². The third-order valence-corrected chi connectivity index (χ3v) is 4.50.